The van der Waals surface area contributed by atoms with Crippen LogP contribution in [0.3, 0.4) is 0 Å². The lowest BCUT2D eigenvalue weighted by Crippen LogP contribution is -1.96. The van der Waals surface area contributed by atoms with E-state index in [-0.39, 0.29) is 0 Å². The molecule has 1 aromatic heterocycles. The number of hydrogen-bond donors (Lipinski definition) is 0. The van der Waals surface area contributed by atoms with E-state index in [1.165, 1.54) is 11.8 Å². The molecule has 0 amide bonds. The van der Waals surface area contributed by atoms with E-state index in [0.717, 1.165) is 11.8 Å². The smallest absolute Gasteiger partial charge is 0.181 e. The number of carbonyl (C=O) groups is 1. The molecule has 0 aliphatic heterocycles. The van der Waals surface area contributed by atoms with Crippen LogP contribution in [0.4, 0.5) is 0 Å². The highest BCUT2D eigenvalue weighted by Crippen LogP contribution is 2.23. The Morgan fingerprint density at radius 3 is 2.81 bits per heavy atom. The van der Waals surface area contributed by atoms with Crippen LogP contribution in [0.1, 0.15) is 10.4 Å². The first-order valence-corrected chi connectivity index (χ1v) is 4.62. The second kappa shape index (κ2) is 4.09. The van der Waals surface area contributed by atoms with E-state index in [4.69, 9.17) is 4.74 Å². The normalized spacial score (nSPS) is 10.1. The standard InChI is InChI=1S/C10H10N4O2/c1-14-10(11-12-13-14)7-3-4-9(16-2)8(5-7)6-15/h3-6H,1-2H3. The third-order valence-corrected chi connectivity index (χ3v) is 2.23. The molecule has 1 heterocycles. The van der Waals surface area contributed by atoms with Crippen LogP contribution in [0.5, 0.6) is 5.75 Å². The van der Waals surface area contributed by atoms with Crippen molar-refractivity contribution in [3.8, 4) is 17.1 Å². The summed E-state index contributed by atoms with van der Waals surface area (Å²) in [4.78, 5) is 10.9. The lowest BCUT2D eigenvalue weighted by molar-refractivity contribution is 0.112. The maximum absolute atomic E-state index is 10.9. The molecule has 16 heavy (non-hydrogen) atoms. The summed E-state index contributed by atoms with van der Waals surface area (Å²) in [5.41, 5.74) is 1.25. The minimum atomic E-state index is 0.475. The molecule has 82 valence electrons. The second-order valence-corrected chi connectivity index (χ2v) is 3.20. The van der Waals surface area contributed by atoms with Crippen LogP contribution in [0, 0.1) is 0 Å². The molecule has 0 aliphatic rings. The van der Waals surface area contributed by atoms with Gasteiger partial charge in [-0.25, -0.2) is 4.68 Å². The molecule has 0 radical (unpaired) electrons. The van der Waals surface area contributed by atoms with Crippen molar-refractivity contribution < 1.29 is 9.53 Å². The zero-order valence-electron chi connectivity index (χ0n) is 8.91. The van der Waals surface area contributed by atoms with Crippen molar-refractivity contribution in [3.05, 3.63) is 23.8 Å². The number of aryl methyl sites for hydroxylation is 1. The molecule has 0 spiro atoms. The van der Waals surface area contributed by atoms with Crippen LogP contribution < -0.4 is 4.74 Å². The van der Waals surface area contributed by atoms with Crippen LogP contribution in [-0.4, -0.2) is 33.6 Å². The molecule has 0 atom stereocenters. The van der Waals surface area contributed by atoms with E-state index in [1.54, 1.807) is 25.2 Å². The minimum absolute atomic E-state index is 0.475. The number of methoxy groups -OCH3 is 1. The molecule has 0 saturated heterocycles. The van der Waals surface area contributed by atoms with E-state index in [0.29, 0.717) is 17.1 Å². The average molecular weight is 218 g/mol. The molecule has 0 fully saturated rings. The van der Waals surface area contributed by atoms with Gasteiger partial charge in [0.15, 0.2) is 12.1 Å². The number of tetrazole rings is 1. The fourth-order valence-corrected chi connectivity index (χ4v) is 1.44. The van der Waals surface area contributed by atoms with Gasteiger partial charge in [-0.1, -0.05) is 0 Å². The maximum atomic E-state index is 10.9. The van der Waals surface area contributed by atoms with Gasteiger partial charge in [-0.3, -0.25) is 4.79 Å². The summed E-state index contributed by atoms with van der Waals surface area (Å²) in [7, 11) is 3.26. The Bertz CT molecular complexity index is 521. The average Bonchev–Trinajstić information content (AvgIpc) is 2.74. The van der Waals surface area contributed by atoms with Crippen molar-refractivity contribution in [2.24, 2.45) is 7.05 Å². The first-order valence-electron chi connectivity index (χ1n) is 4.62. The monoisotopic (exact) mass is 218 g/mol. The van der Waals surface area contributed by atoms with Gasteiger partial charge in [-0.05, 0) is 28.6 Å². The summed E-state index contributed by atoms with van der Waals surface area (Å²) in [6.07, 6.45) is 0.742. The molecule has 6 heteroatoms. The highest BCUT2D eigenvalue weighted by Gasteiger charge is 2.09. The number of nitrogens with zero attached hydrogens (tertiary/aromatic N) is 4. The van der Waals surface area contributed by atoms with Gasteiger partial charge in [0.2, 0.25) is 0 Å². The van der Waals surface area contributed by atoms with Crippen molar-refractivity contribution in [2.75, 3.05) is 7.11 Å². The Balaban J connectivity index is 2.52. The van der Waals surface area contributed by atoms with Crippen LogP contribution in [0.2, 0.25) is 0 Å². The molecule has 0 saturated carbocycles. The minimum Gasteiger partial charge on any atom is -0.496 e. The summed E-state index contributed by atoms with van der Waals surface area (Å²) in [6, 6.07) is 5.21. The third-order valence-electron chi connectivity index (χ3n) is 2.23. The Morgan fingerprint density at radius 2 is 2.25 bits per heavy atom. The van der Waals surface area contributed by atoms with Gasteiger partial charge in [-0.2, -0.15) is 0 Å². The van der Waals surface area contributed by atoms with Crippen molar-refractivity contribution in [1.29, 1.82) is 0 Å². The molecular formula is C10H10N4O2. The zero-order valence-corrected chi connectivity index (χ0v) is 8.91. The van der Waals surface area contributed by atoms with Crippen molar-refractivity contribution in [2.45, 2.75) is 0 Å². The molecule has 6 nitrogen and oxygen atoms in total. The van der Waals surface area contributed by atoms with Gasteiger partial charge in [0.1, 0.15) is 5.75 Å². The Kier molecular flexibility index (Phi) is 2.63. The van der Waals surface area contributed by atoms with E-state index in [1.807, 2.05) is 0 Å². The van der Waals surface area contributed by atoms with Gasteiger partial charge in [0, 0.05) is 12.6 Å². The quantitative estimate of drug-likeness (QED) is 0.709. The lowest BCUT2D eigenvalue weighted by Gasteiger charge is -2.05. The van der Waals surface area contributed by atoms with Gasteiger partial charge in [0.05, 0.1) is 12.7 Å². The van der Waals surface area contributed by atoms with Gasteiger partial charge in [-0.15, -0.1) is 5.10 Å². The Labute approximate surface area is 91.8 Å². The van der Waals surface area contributed by atoms with Gasteiger partial charge >= 0.3 is 0 Å². The Hall–Kier alpha value is -2.24. The predicted octanol–water partition coefficient (Wildman–Crippen LogP) is 0.698. The maximum Gasteiger partial charge on any atom is 0.181 e. The summed E-state index contributed by atoms with van der Waals surface area (Å²) in [5.74, 6) is 1.14. The second-order valence-electron chi connectivity index (χ2n) is 3.20. The molecule has 1 aromatic carbocycles. The molecule has 0 bridgehead atoms. The van der Waals surface area contributed by atoms with Gasteiger partial charge in [0.25, 0.3) is 0 Å². The summed E-state index contributed by atoms with van der Waals surface area (Å²) in [5, 5.41) is 11.1. The Morgan fingerprint density at radius 1 is 1.44 bits per heavy atom. The predicted molar refractivity (Wildman–Crippen MR) is 56.2 cm³/mol. The fraction of sp³-hybridized carbons (Fsp3) is 0.200. The topological polar surface area (TPSA) is 69.9 Å². The first-order chi connectivity index (χ1) is 7.76. The summed E-state index contributed by atoms with van der Waals surface area (Å²) >= 11 is 0. The number of ether oxygens (including phenoxy) is 1. The number of hydrogen-bond acceptors (Lipinski definition) is 5. The molecule has 0 aliphatic carbocycles. The van der Waals surface area contributed by atoms with Crippen LogP contribution in [0.25, 0.3) is 11.4 Å². The number of carbonyl (C=O) groups excluding carboxylic acids is 1. The van der Waals surface area contributed by atoms with Crippen LogP contribution in [0.15, 0.2) is 18.2 Å². The molecule has 0 N–H and O–H groups in total. The first kappa shape index (κ1) is 10.3. The number of benzene rings is 1. The van der Waals surface area contributed by atoms with Crippen LogP contribution in [-0.2, 0) is 7.05 Å². The fourth-order valence-electron chi connectivity index (χ4n) is 1.44. The van der Waals surface area contributed by atoms with E-state index in [9.17, 15) is 4.79 Å². The van der Waals surface area contributed by atoms with Crippen molar-refractivity contribution >= 4 is 6.29 Å². The number of aromatic nitrogens is 4. The highest BCUT2D eigenvalue weighted by atomic mass is 16.5. The lowest BCUT2D eigenvalue weighted by atomic mass is 10.1. The van der Waals surface area contributed by atoms with Gasteiger partial charge < -0.3 is 4.74 Å². The zero-order chi connectivity index (χ0) is 11.5. The largest absolute Gasteiger partial charge is 0.496 e. The van der Waals surface area contributed by atoms with Crippen molar-refractivity contribution in [3.63, 3.8) is 0 Å². The number of rotatable bonds is 3. The van der Waals surface area contributed by atoms with E-state index < -0.39 is 0 Å². The molecule has 2 rings (SSSR count). The van der Waals surface area contributed by atoms with Crippen molar-refractivity contribution in [1.82, 2.24) is 20.2 Å². The molecule has 2 aromatic rings. The molecule has 0 unspecified atom stereocenters. The highest BCUT2D eigenvalue weighted by molar-refractivity contribution is 5.82. The summed E-state index contributed by atoms with van der Waals surface area (Å²) in [6.45, 7) is 0. The summed E-state index contributed by atoms with van der Waals surface area (Å²) < 4.78 is 6.59. The van der Waals surface area contributed by atoms with E-state index in [2.05, 4.69) is 15.5 Å². The van der Waals surface area contributed by atoms with E-state index >= 15 is 0 Å². The van der Waals surface area contributed by atoms with Crippen LogP contribution >= 0.6 is 0 Å². The third kappa shape index (κ3) is 1.65. The SMILES string of the molecule is COc1ccc(-c2nnnn2C)cc1C=O. The number of aldehydes is 1. The molecular weight excluding hydrogens is 208 g/mol.